The first kappa shape index (κ1) is 14.7. The van der Waals surface area contributed by atoms with E-state index in [0.29, 0.717) is 6.42 Å². The molecule has 20 heavy (non-hydrogen) atoms. The summed E-state index contributed by atoms with van der Waals surface area (Å²) in [5, 5.41) is 14.5. The lowest BCUT2D eigenvalue weighted by molar-refractivity contribution is -0.385. The number of nitro benzene ring substituents is 1. The molecule has 0 aliphatic heterocycles. The van der Waals surface area contributed by atoms with E-state index in [-0.39, 0.29) is 16.7 Å². The van der Waals surface area contributed by atoms with Gasteiger partial charge >= 0.3 is 0 Å². The quantitative estimate of drug-likeness (QED) is 0.649. The Bertz CT molecular complexity index is 595. The number of aryl methyl sites for hydroxylation is 1. The largest absolute Gasteiger partial charge is 0.309 e. The molecule has 0 aliphatic carbocycles. The number of para-hydroxylation sites is 1. The van der Waals surface area contributed by atoms with E-state index in [9.17, 15) is 10.1 Å². The van der Waals surface area contributed by atoms with Crippen LogP contribution in [0.15, 0.2) is 36.4 Å². The summed E-state index contributed by atoms with van der Waals surface area (Å²) < 4.78 is 0. The molecule has 2 rings (SSSR count). The van der Waals surface area contributed by atoms with Gasteiger partial charge in [0.2, 0.25) is 0 Å². The molecular weight excluding hydrogens is 272 g/mol. The van der Waals surface area contributed by atoms with Gasteiger partial charge in [-0.1, -0.05) is 25.1 Å². The predicted octanol–water partition coefficient (Wildman–Crippen LogP) is 3.86. The molecule has 1 unspecified atom stereocenters. The minimum absolute atomic E-state index is 0.125. The summed E-state index contributed by atoms with van der Waals surface area (Å²) >= 11 is 1.74. The topological polar surface area (TPSA) is 55.2 Å². The number of nitro groups is 1. The Morgan fingerprint density at radius 1 is 1.30 bits per heavy atom. The van der Waals surface area contributed by atoms with Crippen LogP contribution in [0.3, 0.4) is 0 Å². The Kier molecular flexibility index (Phi) is 4.87. The fourth-order valence-corrected chi connectivity index (χ4v) is 3.19. The normalized spacial score (nSPS) is 12.3. The van der Waals surface area contributed by atoms with Gasteiger partial charge in [0.15, 0.2) is 0 Å². The second-order valence-electron chi connectivity index (χ2n) is 4.65. The number of hydrogen-bond donors (Lipinski definition) is 1. The molecule has 1 aromatic heterocycles. The fraction of sp³-hybridized carbons (Fsp3) is 0.333. The van der Waals surface area contributed by atoms with E-state index in [0.717, 1.165) is 12.1 Å². The molecule has 0 saturated heterocycles. The minimum atomic E-state index is -0.308. The van der Waals surface area contributed by atoms with Crippen molar-refractivity contribution in [1.29, 1.82) is 0 Å². The first-order valence-corrected chi connectivity index (χ1v) is 7.45. The highest BCUT2D eigenvalue weighted by Crippen LogP contribution is 2.28. The van der Waals surface area contributed by atoms with Crippen LogP contribution in [0.4, 0.5) is 5.69 Å². The summed E-state index contributed by atoms with van der Waals surface area (Å²) in [7, 11) is 0. The molecule has 1 atom stereocenters. The Morgan fingerprint density at radius 2 is 2.05 bits per heavy atom. The third kappa shape index (κ3) is 3.43. The summed E-state index contributed by atoms with van der Waals surface area (Å²) in [6, 6.07) is 11.3. The molecule has 1 aromatic carbocycles. The van der Waals surface area contributed by atoms with Crippen molar-refractivity contribution in [2.45, 2.75) is 26.3 Å². The van der Waals surface area contributed by atoms with Crippen molar-refractivity contribution >= 4 is 17.0 Å². The lowest BCUT2D eigenvalue weighted by Crippen LogP contribution is -2.22. The van der Waals surface area contributed by atoms with Crippen LogP contribution in [0.5, 0.6) is 0 Å². The molecule has 0 radical (unpaired) electrons. The van der Waals surface area contributed by atoms with E-state index in [1.807, 2.05) is 19.1 Å². The highest BCUT2D eigenvalue weighted by atomic mass is 32.1. The standard InChI is InChI=1S/C15H18N2O2S/c1-3-16-13(15-9-8-11(2)20-15)10-12-6-4-5-7-14(12)17(18)19/h4-9,13,16H,3,10H2,1-2H3. The summed E-state index contributed by atoms with van der Waals surface area (Å²) in [4.78, 5) is 13.3. The average Bonchev–Trinajstić information content (AvgIpc) is 2.85. The number of thiophene rings is 1. The van der Waals surface area contributed by atoms with E-state index >= 15 is 0 Å². The van der Waals surface area contributed by atoms with Crippen molar-refractivity contribution in [2.24, 2.45) is 0 Å². The van der Waals surface area contributed by atoms with Gasteiger partial charge in [-0.05, 0) is 32.0 Å². The first-order valence-electron chi connectivity index (χ1n) is 6.63. The second kappa shape index (κ2) is 6.63. The number of benzene rings is 1. The first-order chi connectivity index (χ1) is 9.61. The third-order valence-electron chi connectivity index (χ3n) is 3.17. The number of rotatable bonds is 6. The van der Waals surface area contributed by atoms with Crippen LogP contribution in [-0.4, -0.2) is 11.5 Å². The molecule has 2 aromatic rings. The maximum absolute atomic E-state index is 11.1. The number of hydrogen-bond acceptors (Lipinski definition) is 4. The molecule has 106 valence electrons. The van der Waals surface area contributed by atoms with Gasteiger partial charge in [-0.2, -0.15) is 0 Å². The van der Waals surface area contributed by atoms with Gasteiger partial charge in [0, 0.05) is 27.4 Å². The van der Waals surface area contributed by atoms with Crippen LogP contribution in [0.1, 0.15) is 28.3 Å². The summed E-state index contributed by atoms with van der Waals surface area (Å²) in [6.07, 6.45) is 0.630. The fourth-order valence-electron chi connectivity index (χ4n) is 2.24. The highest BCUT2D eigenvalue weighted by molar-refractivity contribution is 7.12. The van der Waals surface area contributed by atoms with Crippen LogP contribution in [0.25, 0.3) is 0 Å². The maximum atomic E-state index is 11.1. The van der Waals surface area contributed by atoms with Crippen molar-refractivity contribution in [2.75, 3.05) is 6.54 Å². The van der Waals surface area contributed by atoms with Gasteiger partial charge in [-0.15, -0.1) is 11.3 Å². The predicted molar refractivity (Wildman–Crippen MR) is 82.3 cm³/mol. The molecule has 4 nitrogen and oxygen atoms in total. The number of nitrogens with one attached hydrogen (secondary N) is 1. The Hall–Kier alpha value is -1.72. The zero-order chi connectivity index (χ0) is 14.5. The van der Waals surface area contributed by atoms with Crippen molar-refractivity contribution in [3.05, 3.63) is 61.8 Å². The molecule has 1 heterocycles. The summed E-state index contributed by atoms with van der Waals surface area (Å²) in [6.45, 7) is 4.96. The average molecular weight is 290 g/mol. The van der Waals surface area contributed by atoms with Gasteiger partial charge in [-0.25, -0.2) is 0 Å². The van der Waals surface area contributed by atoms with Gasteiger partial charge < -0.3 is 5.32 Å². The van der Waals surface area contributed by atoms with Crippen LogP contribution in [0, 0.1) is 17.0 Å². The molecule has 0 bridgehead atoms. The Morgan fingerprint density at radius 3 is 2.65 bits per heavy atom. The lowest BCUT2D eigenvalue weighted by atomic mass is 10.0. The molecule has 0 aliphatic rings. The van der Waals surface area contributed by atoms with Gasteiger partial charge in [0.1, 0.15) is 0 Å². The van der Waals surface area contributed by atoms with E-state index in [1.54, 1.807) is 23.5 Å². The van der Waals surface area contributed by atoms with Crippen LogP contribution in [-0.2, 0) is 6.42 Å². The molecule has 5 heteroatoms. The molecule has 0 spiro atoms. The van der Waals surface area contributed by atoms with E-state index < -0.39 is 0 Å². The number of nitrogens with zero attached hydrogens (tertiary/aromatic N) is 1. The lowest BCUT2D eigenvalue weighted by Gasteiger charge is -2.16. The van der Waals surface area contributed by atoms with Crippen molar-refractivity contribution < 1.29 is 4.92 Å². The Balaban J connectivity index is 2.27. The van der Waals surface area contributed by atoms with Crippen molar-refractivity contribution in [3.63, 3.8) is 0 Å². The van der Waals surface area contributed by atoms with Gasteiger partial charge in [0.25, 0.3) is 5.69 Å². The van der Waals surface area contributed by atoms with Crippen LogP contribution >= 0.6 is 11.3 Å². The van der Waals surface area contributed by atoms with Gasteiger partial charge in [-0.3, -0.25) is 10.1 Å². The SMILES string of the molecule is CCNC(Cc1ccccc1[N+](=O)[O-])c1ccc(C)s1. The third-order valence-corrected chi connectivity index (χ3v) is 4.28. The zero-order valence-corrected chi connectivity index (χ0v) is 12.4. The van der Waals surface area contributed by atoms with Crippen LogP contribution < -0.4 is 5.32 Å². The smallest absolute Gasteiger partial charge is 0.272 e. The zero-order valence-electron chi connectivity index (χ0n) is 11.6. The van der Waals surface area contributed by atoms with E-state index in [2.05, 4.69) is 24.4 Å². The molecule has 1 N–H and O–H groups in total. The maximum Gasteiger partial charge on any atom is 0.272 e. The van der Waals surface area contributed by atoms with Crippen LogP contribution in [0.2, 0.25) is 0 Å². The summed E-state index contributed by atoms with van der Waals surface area (Å²) in [5.41, 5.74) is 0.971. The minimum Gasteiger partial charge on any atom is -0.309 e. The molecular formula is C15H18N2O2S. The monoisotopic (exact) mass is 290 g/mol. The highest BCUT2D eigenvalue weighted by Gasteiger charge is 2.19. The Labute approximate surface area is 122 Å². The molecule has 0 fully saturated rings. The van der Waals surface area contributed by atoms with Crippen molar-refractivity contribution in [1.82, 2.24) is 5.32 Å². The van der Waals surface area contributed by atoms with E-state index in [1.165, 1.54) is 9.75 Å². The molecule has 0 saturated carbocycles. The summed E-state index contributed by atoms with van der Waals surface area (Å²) in [5.74, 6) is 0. The molecule has 0 amide bonds. The second-order valence-corrected chi connectivity index (χ2v) is 5.97. The van der Waals surface area contributed by atoms with Gasteiger partial charge in [0.05, 0.1) is 4.92 Å². The number of likely N-dealkylation sites (N-methyl/N-ethyl adjacent to an activating group) is 1. The van der Waals surface area contributed by atoms with E-state index in [4.69, 9.17) is 0 Å². The van der Waals surface area contributed by atoms with Crippen molar-refractivity contribution in [3.8, 4) is 0 Å².